The van der Waals surface area contributed by atoms with Crippen LogP contribution in [0.25, 0.3) is 0 Å². The Kier molecular flexibility index (Phi) is 4.67. The van der Waals surface area contributed by atoms with Crippen molar-refractivity contribution in [1.82, 2.24) is 10.3 Å². The number of ether oxygens (including phenoxy) is 1. The first-order chi connectivity index (χ1) is 10.3. The van der Waals surface area contributed by atoms with Gasteiger partial charge in [-0.05, 0) is 38.1 Å². The van der Waals surface area contributed by atoms with Crippen LogP contribution in [0.3, 0.4) is 0 Å². The van der Waals surface area contributed by atoms with Gasteiger partial charge in [0.2, 0.25) is 5.91 Å². The van der Waals surface area contributed by atoms with Gasteiger partial charge in [0.1, 0.15) is 0 Å². The van der Waals surface area contributed by atoms with Crippen molar-refractivity contribution in [2.24, 2.45) is 5.92 Å². The SMILES string of the molecule is O=C(Nc1cccnc1N1CCOCC1)C1CCNCC1. The van der Waals surface area contributed by atoms with Gasteiger partial charge >= 0.3 is 0 Å². The minimum Gasteiger partial charge on any atom is -0.378 e. The molecule has 1 amide bonds. The number of nitrogens with one attached hydrogen (secondary N) is 2. The van der Waals surface area contributed by atoms with E-state index < -0.39 is 0 Å². The van der Waals surface area contributed by atoms with Gasteiger partial charge in [0.05, 0.1) is 18.9 Å². The third kappa shape index (κ3) is 3.51. The fourth-order valence-electron chi connectivity index (χ4n) is 2.84. The van der Waals surface area contributed by atoms with Gasteiger partial charge in [0.15, 0.2) is 5.82 Å². The second-order valence-electron chi connectivity index (χ2n) is 5.49. The molecule has 2 aliphatic heterocycles. The van der Waals surface area contributed by atoms with E-state index >= 15 is 0 Å². The van der Waals surface area contributed by atoms with E-state index in [2.05, 4.69) is 20.5 Å². The summed E-state index contributed by atoms with van der Waals surface area (Å²) in [5.74, 6) is 1.06. The lowest BCUT2D eigenvalue weighted by molar-refractivity contribution is -0.120. The lowest BCUT2D eigenvalue weighted by Crippen LogP contribution is -2.38. The van der Waals surface area contributed by atoms with Gasteiger partial charge in [0.25, 0.3) is 0 Å². The van der Waals surface area contributed by atoms with Crippen LogP contribution in [-0.2, 0) is 9.53 Å². The summed E-state index contributed by atoms with van der Waals surface area (Å²) in [7, 11) is 0. The van der Waals surface area contributed by atoms with Crippen molar-refractivity contribution in [2.75, 3.05) is 49.6 Å². The number of anilines is 2. The van der Waals surface area contributed by atoms with Crippen LogP contribution < -0.4 is 15.5 Å². The molecule has 6 nitrogen and oxygen atoms in total. The number of pyridine rings is 1. The highest BCUT2D eigenvalue weighted by Crippen LogP contribution is 2.25. The van der Waals surface area contributed by atoms with Crippen molar-refractivity contribution in [3.63, 3.8) is 0 Å². The first-order valence-corrected chi connectivity index (χ1v) is 7.64. The van der Waals surface area contributed by atoms with E-state index in [9.17, 15) is 4.79 Å². The summed E-state index contributed by atoms with van der Waals surface area (Å²) in [5, 5.41) is 6.35. The highest BCUT2D eigenvalue weighted by molar-refractivity contribution is 5.95. The minimum absolute atomic E-state index is 0.101. The number of amides is 1. The Morgan fingerprint density at radius 3 is 2.86 bits per heavy atom. The summed E-state index contributed by atoms with van der Waals surface area (Å²) >= 11 is 0. The van der Waals surface area contributed by atoms with E-state index in [-0.39, 0.29) is 11.8 Å². The Balaban J connectivity index is 1.70. The van der Waals surface area contributed by atoms with Gasteiger partial charge in [-0.1, -0.05) is 0 Å². The number of nitrogens with zero attached hydrogens (tertiary/aromatic N) is 2. The van der Waals surface area contributed by atoms with Gasteiger partial charge < -0.3 is 20.3 Å². The van der Waals surface area contributed by atoms with Crippen molar-refractivity contribution < 1.29 is 9.53 Å². The van der Waals surface area contributed by atoms with Crippen LogP contribution in [0.15, 0.2) is 18.3 Å². The molecule has 0 bridgehead atoms. The summed E-state index contributed by atoms with van der Waals surface area (Å²) in [5.41, 5.74) is 0.808. The molecule has 0 aromatic carbocycles. The summed E-state index contributed by atoms with van der Waals surface area (Å²) in [4.78, 5) is 19.0. The second kappa shape index (κ2) is 6.87. The zero-order valence-electron chi connectivity index (χ0n) is 12.2. The van der Waals surface area contributed by atoms with Crippen molar-refractivity contribution in [3.05, 3.63) is 18.3 Å². The van der Waals surface area contributed by atoms with Crippen LogP contribution in [0.1, 0.15) is 12.8 Å². The molecule has 3 heterocycles. The molecule has 0 aliphatic carbocycles. The molecule has 0 atom stereocenters. The van der Waals surface area contributed by atoms with Gasteiger partial charge in [0, 0.05) is 25.2 Å². The van der Waals surface area contributed by atoms with Gasteiger partial charge in [-0.3, -0.25) is 4.79 Å². The molecule has 21 heavy (non-hydrogen) atoms. The van der Waals surface area contributed by atoms with Gasteiger partial charge in [-0.15, -0.1) is 0 Å². The van der Waals surface area contributed by atoms with E-state index in [0.29, 0.717) is 13.2 Å². The number of rotatable bonds is 3. The normalized spacial score (nSPS) is 20.3. The molecule has 0 radical (unpaired) electrons. The van der Waals surface area contributed by atoms with E-state index in [1.165, 1.54) is 0 Å². The Bertz CT molecular complexity index is 482. The van der Waals surface area contributed by atoms with Gasteiger partial charge in [-0.25, -0.2) is 4.98 Å². The second-order valence-corrected chi connectivity index (χ2v) is 5.49. The Labute approximate surface area is 124 Å². The average molecular weight is 290 g/mol. The Hall–Kier alpha value is -1.66. The number of carbonyl (C=O) groups is 1. The van der Waals surface area contributed by atoms with Crippen molar-refractivity contribution >= 4 is 17.4 Å². The minimum atomic E-state index is 0.101. The molecule has 0 spiro atoms. The first-order valence-electron chi connectivity index (χ1n) is 7.64. The third-order valence-corrected chi connectivity index (χ3v) is 4.07. The Morgan fingerprint density at radius 2 is 2.10 bits per heavy atom. The molecule has 114 valence electrons. The maximum Gasteiger partial charge on any atom is 0.227 e. The number of hydrogen-bond acceptors (Lipinski definition) is 5. The number of piperidine rings is 1. The van der Waals surface area contributed by atoms with Crippen molar-refractivity contribution in [2.45, 2.75) is 12.8 Å². The molecule has 3 rings (SSSR count). The highest BCUT2D eigenvalue weighted by atomic mass is 16.5. The molecule has 2 fully saturated rings. The summed E-state index contributed by atoms with van der Waals surface area (Å²) in [6, 6.07) is 3.79. The van der Waals surface area contributed by atoms with Crippen LogP contribution in [0.5, 0.6) is 0 Å². The van der Waals surface area contributed by atoms with Crippen molar-refractivity contribution in [3.8, 4) is 0 Å². The van der Waals surface area contributed by atoms with E-state index in [1.54, 1.807) is 6.20 Å². The number of carbonyl (C=O) groups excluding carboxylic acids is 1. The topological polar surface area (TPSA) is 66.5 Å². The fraction of sp³-hybridized carbons (Fsp3) is 0.600. The zero-order valence-corrected chi connectivity index (χ0v) is 12.2. The molecule has 1 aromatic rings. The quantitative estimate of drug-likeness (QED) is 0.864. The van der Waals surface area contributed by atoms with E-state index in [0.717, 1.165) is 50.5 Å². The maximum atomic E-state index is 12.4. The predicted molar refractivity (Wildman–Crippen MR) is 81.5 cm³/mol. The van der Waals surface area contributed by atoms with Crippen LogP contribution in [-0.4, -0.2) is 50.3 Å². The highest BCUT2D eigenvalue weighted by Gasteiger charge is 2.23. The van der Waals surface area contributed by atoms with Crippen LogP contribution >= 0.6 is 0 Å². The summed E-state index contributed by atoms with van der Waals surface area (Å²) in [6.07, 6.45) is 3.57. The molecule has 0 saturated carbocycles. The fourth-order valence-corrected chi connectivity index (χ4v) is 2.84. The van der Waals surface area contributed by atoms with Crippen LogP contribution in [0.4, 0.5) is 11.5 Å². The smallest absolute Gasteiger partial charge is 0.227 e. The van der Waals surface area contributed by atoms with Crippen LogP contribution in [0, 0.1) is 5.92 Å². The van der Waals surface area contributed by atoms with Gasteiger partial charge in [-0.2, -0.15) is 0 Å². The summed E-state index contributed by atoms with van der Waals surface area (Å²) < 4.78 is 5.37. The molecule has 2 saturated heterocycles. The molecular weight excluding hydrogens is 268 g/mol. The lowest BCUT2D eigenvalue weighted by Gasteiger charge is -2.30. The first kappa shape index (κ1) is 14.3. The molecule has 2 aliphatic rings. The number of aromatic nitrogens is 1. The molecule has 0 unspecified atom stereocenters. The van der Waals surface area contributed by atoms with Crippen LogP contribution in [0.2, 0.25) is 0 Å². The number of morpholine rings is 1. The third-order valence-electron chi connectivity index (χ3n) is 4.07. The average Bonchev–Trinajstić information content (AvgIpc) is 2.57. The van der Waals surface area contributed by atoms with E-state index in [4.69, 9.17) is 4.74 Å². The molecule has 6 heteroatoms. The standard InChI is InChI=1S/C15H22N4O2/c20-15(12-3-6-16-7-4-12)18-13-2-1-5-17-14(13)19-8-10-21-11-9-19/h1-2,5,12,16H,3-4,6-11H2,(H,18,20). The van der Waals surface area contributed by atoms with E-state index in [1.807, 2.05) is 12.1 Å². The maximum absolute atomic E-state index is 12.4. The summed E-state index contributed by atoms with van der Waals surface area (Å²) in [6.45, 7) is 4.87. The molecular formula is C15H22N4O2. The monoisotopic (exact) mass is 290 g/mol. The molecule has 2 N–H and O–H groups in total. The Morgan fingerprint density at radius 1 is 1.33 bits per heavy atom. The predicted octanol–water partition coefficient (Wildman–Crippen LogP) is 0.856. The molecule has 1 aromatic heterocycles. The van der Waals surface area contributed by atoms with Crippen molar-refractivity contribution in [1.29, 1.82) is 0 Å². The zero-order chi connectivity index (χ0) is 14.5. The largest absolute Gasteiger partial charge is 0.378 e. The number of hydrogen-bond donors (Lipinski definition) is 2. The lowest BCUT2D eigenvalue weighted by atomic mass is 9.97.